The lowest BCUT2D eigenvalue weighted by Crippen LogP contribution is -2.37. The van der Waals surface area contributed by atoms with E-state index in [-0.39, 0.29) is 18.5 Å². The summed E-state index contributed by atoms with van der Waals surface area (Å²) in [6.07, 6.45) is 0.936. The van der Waals surface area contributed by atoms with Crippen molar-refractivity contribution in [1.29, 1.82) is 0 Å². The van der Waals surface area contributed by atoms with E-state index in [0.717, 1.165) is 39.3 Å². The summed E-state index contributed by atoms with van der Waals surface area (Å²) >= 11 is 0. The fraction of sp³-hybridized carbons (Fsp3) is 1.00. The van der Waals surface area contributed by atoms with Crippen LogP contribution in [0.3, 0.4) is 0 Å². The Labute approximate surface area is 90.8 Å². The fourth-order valence-corrected chi connectivity index (χ4v) is 1.94. The van der Waals surface area contributed by atoms with Gasteiger partial charge in [-0.1, -0.05) is 0 Å². The lowest BCUT2D eigenvalue weighted by Gasteiger charge is -2.17. The number of β-amino-alcohol motifs (C(OH)–C–C–N with tert-alkyl or cyclic N) is 1. The Hall–Kier alpha value is 0.130. The van der Waals surface area contributed by atoms with Crippen molar-refractivity contribution in [2.45, 2.75) is 18.6 Å². The summed E-state index contributed by atoms with van der Waals surface area (Å²) in [5.74, 6) is 0.376. The SMILES string of the molecule is Cl.OC1CNCC1CNC1CCOC1. The van der Waals surface area contributed by atoms with E-state index in [0.29, 0.717) is 12.0 Å². The topological polar surface area (TPSA) is 53.5 Å². The second kappa shape index (κ2) is 5.88. The predicted octanol–water partition coefficient (Wildman–Crippen LogP) is -0.633. The first-order chi connectivity index (χ1) is 6.36. The van der Waals surface area contributed by atoms with Gasteiger partial charge < -0.3 is 20.5 Å². The average molecular weight is 223 g/mol. The Balaban J connectivity index is 0.000000980. The summed E-state index contributed by atoms with van der Waals surface area (Å²) in [5.41, 5.74) is 0. The van der Waals surface area contributed by atoms with Gasteiger partial charge in [0.15, 0.2) is 0 Å². The standard InChI is InChI=1S/C9H18N2O2.ClH/c12-9-5-10-3-7(9)4-11-8-1-2-13-6-8;/h7-12H,1-6H2;1H. The summed E-state index contributed by atoms with van der Waals surface area (Å²) in [4.78, 5) is 0. The van der Waals surface area contributed by atoms with Crippen LogP contribution >= 0.6 is 12.4 Å². The summed E-state index contributed by atoms with van der Waals surface area (Å²) in [7, 11) is 0. The molecule has 3 atom stereocenters. The third-order valence-corrected chi connectivity index (χ3v) is 2.90. The van der Waals surface area contributed by atoms with Crippen molar-refractivity contribution in [3.05, 3.63) is 0 Å². The molecule has 14 heavy (non-hydrogen) atoms. The Kier molecular flexibility index (Phi) is 5.12. The van der Waals surface area contributed by atoms with E-state index in [9.17, 15) is 5.11 Å². The van der Waals surface area contributed by atoms with E-state index >= 15 is 0 Å². The first-order valence-corrected chi connectivity index (χ1v) is 5.06. The number of rotatable bonds is 3. The van der Waals surface area contributed by atoms with Crippen LogP contribution in [0.4, 0.5) is 0 Å². The minimum atomic E-state index is -0.171. The van der Waals surface area contributed by atoms with Crippen LogP contribution in [0.5, 0.6) is 0 Å². The van der Waals surface area contributed by atoms with Gasteiger partial charge >= 0.3 is 0 Å². The Morgan fingerprint density at radius 2 is 2.29 bits per heavy atom. The van der Waals surface area contributed by atoms with Crippen LogP contribution in [-0.4, -0.2) is 50.1 Å². The second-order valence-electron chi connectivity index (χ2n) is 3.95. The van der Waals surface area contributed by atoms with E-state index < -0.39 is 0 Å². The molecule has 3 N–H and O–H groups in total. The first-order valence-electron chi connectivity index (χ1n) is 5.06. The van der Waals surface area contributed by atoms with Crippen molar-refractivity contribution in [2.75, 3.05) is 32.8 Å². The number of aliphatic hydroxyl groups is 1. The minimum Gasteiger partial charge on any atom is -0.391 e. The molecule has 0 spiro atoms. The van der Waals surface area contributed by atoms with E-state index in [1.807, 2.05) is 0 Å². The summed E-state index contributed by atoms with van der Waals surface area (Å²) in [6.45, 7) is 4.29. The second-order valence-corrected chi connectivity index (χ2v) is 3.95. The maximum Gasteiger partial charge on any atom is 0.0716 e. The minimum absolute atomic E-state index is 0. The van der Waals surface area contributed by atoms with Crippen LogP contribution < -0.4 is 10.6 Å². The molecule has 2 aliphatic heterocycles. The van der Waals surface area contributed by atoms with Crippen molar-refractivity contribution >= 4 is 12.4 Å². The third kappa shape index (κ3) is 3.07. The highest BCUT2D eigenvalue weighted by atomic mass is 35.5. The number of hydrogen-bond acceptors (Lipinski definition) is 4. The van der Waals surface area contributed by atoms with Crippen LogP contribution in [0.2, 0.25) is 0 Å². The largest absolute Gasteiger partial charge is 0.391 e. The lowest BCUT2D eigenvalue weighted by atomic mass is 10.1. The summed E-state index contributed by atoms with van der Waals surface area (Å²) < 4.78 is 5.26. The van der Waals surface area contributed by atoms with Gasteiger partial charge in [0.05, 0.1) is 12.7 Å². The number of nitrogens with one attached hydrogen (secondary N) is 2. The van der Waals surface area contributed by atoms with Crippen molar-refractivity contribution < 1.29 is 9.84 Å². The van der Waals surface area contributed by atoms with Gasteiger partial charge in [0, 0.05) is 38.2 Å². The molecule has 0 aromatic carbocycles. The van der Waals surface area contributed by atoms with Crippen LogP contribution in [0, 0.1) is 5.92 Å². The zero-order chi connectivity index (χ0) is 9.10. The molecular weight excluding hydrogens is 204 g/mol. The quantitative estimate of drug-likeness (QED) is 0.595. The van der Waals surface area contributed by atoms with Crippen LogP contribution in [-0.2, 0) is 4.74 Å². The van der Waals surface area contributed by atoms with Gasteiger partial charge in [-0.3, -0.25) is 0 Å². The van der Waals surface area contributed by atoms with Crippen LogP contribution in [0.15, 0.2) is 0 Å². The number of hydrogen-bond donors (Lipinski definition) is 3. The van der Waals surface area contributed by atoms with Gasteiger partial charge in [0.1, 0.15) is 0 Å². The zero-order valence-electron chi connectivity index (χ0n) is 8.24. The monoisotopic (exact) mass is 222 g/mol. The molecule has 2 aliphatic rings. The molecule has 0 aliphatic carbocycles. The van der Waals surface area contributed by atoms with E-state index in [1.54, 1.807) is 0 Å². The molecule has 2 saturated heterocycles. The van der Waals surface area contributed by atoms with E-state index in [4.69, 9.17) is 4.74 Å². The lowest BCUT2D eigenvalue weighted by molar-refractivity contribution is 0.142. The van der Waals surface area contributed by atoms with Gasteiger partial charge in [-0.15, -0.1) is 12.4 Å². The highest BCUT2D eigenvalue weighted by molar-refractivity contribution is 5.85. The summed E-state index contributed by atoms with van der Waals surface area (Å²) in [5, 5.41) is 16.1. The van der Waals surface area contributed by atoms with E-state index in [1.165, 1.54) is 0 Å². The molecule has 4 nitrogen and oxygen atoms in total. The maximum absolute atomic E-state index is 9.53. The van der Waals surface area contributed by atoms with Crippen molar-refractivity contribution in [3.8, 4) is 0 Å². The predicted molar refractivity (Wildman–Crippen MR) is 56.8 cm³/mol. The maximum atomic E-state index is 9.53. The van der Waals surface area contributed by atoms with Crippen LogP contribution in [0.25, 0.3) is 0 Å². The molecule has 0 radical (unpaired) electrons. The third-order valence-electron chi connectivity index (χ3n) is 2.90. The molecule has 84 valence electrons. The van der Waals surface area contributed by atoms with Gasteiger partial charge in [0.2, 0.25) is 0 Å². The number of aliphatic hydroxyl groups excluding tert-OH is 1. The first kappa shape index (κ1) is 12.2. The molecule has 5 heteroatoms. The molecule has 0 bridgehead atoms. The number of ether oxygens (including phenoxy) is 1. The average Bonchev–Trinajstić information content (AvgIpc) is 2.72. The molecule has 2 heterocycles. The Morgan fingerprint density at radius 3 is 2.86 bits per heavy atom. The van der Waals surface area contributed by atoms with Crippen molar-refractivity contribution in [2.24, 2.45) is 5.92 Å². The van der Waals surface area contributed by atoms with Gasteiger partial charge in [-0.25, -0.2) is 0 Å². The zero-order valence-corrected chi connectivity index (χ0v) is 9.05. The molecule has 0 saturated carbocycles. The van der Waals surface area contributed by atoms with Crippen molar-refractivity contribution in [1.82, 2.24) is 10.6 Å². The number of halogens is 1. The highest BCUT2D eigenvalue weighted by Crippen LogP contribution is 2.09. The van der Waals surface area contributed by atoms with Gasteiger partial charge in [0.25, 0.3) is 0 Å². The van der Waals surface area contributed by atoms with E-state index in [2.05, 4.69) is 10.6 Å². The highest BCUT2D eigenvalue weighted by Gasteiger charge is 2.25. The van der Waals surface area contributed by atoms with Gasteiger partial charge in [-0.05, 0) is 6.42 Å². The molecule has 2 fully saturated rings. The smallest absolute Gasteiger partial charge is 0.0716 e. The normalized spacial score (nSPS) is 37.1. The molecule has 0 aromatic heterocycles. The van der Waals surface area contributed by atoms with Crippen molar-refractivity contribution in [3.63, 3.8) is 0 Å². The van der Waals surface area contributed by atoms with Crippen LogP contribution in [0.1, 0.15) is 6.42 Å². The molecule has 0 aromatic rings. The Bertz CT molecular complexity index is 165. The molecule has 2 rings (SSSR count). The molecule has 0 amide bonds. The molecule has 3 unspecified atom stereocenters. The fourth-order valence-electron chi connectivity index (χ4n) is 1.94. The Morgan fingerprint density at radius 1 is 1.43 bits per heavy atom. The van der Waals surface area contributed by atoms with Gasteiger partial charge in [-0.2, -0.15) is 0 Å². The molecular formula is C9H19ClN2O2. The summed E-state index contributed by atoms with van der Waals surface area (Å²) in [6, 6.07) is 0.507.